The molecule has 0 saturated heterocycles. The van der Waals surface area contributed by atoms with E-state index in [1.54, 1.807) is 6.07 Å². The minimum absolute atomic E-state index is 0.00505. The summed E-state index contributed by atoms with van der Waals surface area (Å²) in [6.45, 7) is -0.262. The second kappa shape index (κ2) is 4.25. The van der Waals surface area contributed by atoms with Gasteiger partial charge in [-0.15, -0.1) is 0 Å². The van der Waals surface area contributed by atoms with Gasteiger partial charge >= 0.3 is 0 Å². The van der Waals surface area contributed by atoms with Gasteiger partial charge in [0.05, 0.1) is 5.56 Å². The molecule has 0 fully saturated rings. The van der Waals surface area contributed by atoms with Gasteiger partial charge in [-0.05, 0) is 18.2 Å². The van der Waals surface area contributed by atoms with E-state index in [0.29, 0.717) is 5.56 Å². The third kappa shape index (κ3) is 2.30. The highest BCUT2D eigenvalue weighted by Crippen LogP contribution is 2.07. The first-order chi connectivity index (χ1) is 6.27. The molecular formula is C10H6FNO. The van der Waals surface area contributed by atoms with Crippen molar-refractivity contribution < 1.29 is 9.50 Å². The molecule has 0 aromatic heterocycles. The van der Waals surface area contributed by atoms with Crippen molar-refractivity contribution in [1.29, 1.82) is 5.26 Å². The van der Waals surface area contributed by atoms with Crippen molar-refractivity contribution >= 4 is 0 Å². The lowest BCUT2D eigenvalue weighted by molar-refractivity contribution is 0.350. The second-order valence-corrected chi connectivity index (χ2v) is 2.27. The molecule has 0 saturated carbocycles. The molecule has 0 radical (unpaired) electrons. The Bertz CT molecular complexity index is 409. The molecule has 1 rings (SSSR count). The predicted octanol–water partition coefficient (Wildman–Crippen LogP) is 1.04. The summed E-state index contributed by atoms with van der Waals surface area (Å²) in [6, 6.07) is 5.76. The van der Waals surface area contributed by atoms with Crippen LogP contribution in [0.4, 0.5) is 4.39 Å². The van der Waals surface area contributed by atoms with Crippen LogP contribution in [0, 0.1) is 29.0 Å². The van der Waals surface area contributed by atoms with E-state index in [1.807, 2.05) is 0 Å². The van der Waals surface area contributed by atoms with Crippen LogP contribution in [-0.2, 0) is 0 Å². The number of rotatable bonds is 0. The van der Waals surface area contributed by atoms with Gasteiger partial charge in [0, 0.05) is 5.56 Å². The number of aliphatic hydroxyl groups is 1. The maximum absolute atomic E-state index is 12.9. The van der Waals surface area contributed by atoms with Crippen molar-refractivity contribution in [1.82, 2.24) is 0 Å². The van der Waals surface area contributed by atoms with Gasteiger partial charge in [-0.3, -0.25) is 0 Å². The van der Waals surface area contributed by atoms with E-state index < -0.39 is 5.82 Å². The summed E-state index contributed by atoms with van der Waals surface area (Å²) in [5.74, 6) is 4.33. The normalized spacial score (nSPS) is 8.38. The van der Waals surface area contributed by atoms with Gasteiger partial charge in [0.2, 0.25) is 0 Å². The third-order valence-electron chi connectivity index (χ3n) is 1.40. The molecular weight excluding hydrogens is 169 g/mol. The summed E-state index contributed by atoms with van der Waals surface area (Å²) < 4.78 is 12.9. The first-order valence-corrected chi connectivity index (χ1v) is 3.57. The maximum Gasteiger partial charge on any atom is 0.142 e. The van der Waals surface area contributed by atoms with Crippen LogP contribution in [0.2, 0.25) is 0 Å². The van der Waals surface area contributed by atoms with Crippen LogP contribution in [0.5, 0.6) is 0 Å². The molecule has 1 N–H and O–H groups in total. The average molecular weight is 175 g/mol. The number of hydrogen-bond acceptors (Lipinski definition) is 2. The van der Waals surface area contributed by atoms with Crippen molar-refractivity contribution in [3.8, 4) is 17.9 Å². The molecule has 1 aromatic rings. The lowest BCUT2D eigenvalue weighted by Crippen LogP contribution is -1.85. The number of hydrogen-bond donors (Lipinski definition) is 1. The van der Waals surface area contributed by atoms with Crippen LogP contribution >= 0.6 is 0 Å². The van der Waals surface area contributed by atoms with Crippen LogP contribution in [0.1, 0.15) is 11.1 Å². The number of nitrogens with zero attached hydrogens (tertiary/aromatic N) is 1. The summed E-state index contributed by atoms with van der Waals surface area (Å²) in [5, 5.41) is 16.8. The van der Waals surface area contributed by atoms with Crippen LogP contribution < -0.4 is 0 Å². The summed E-state index contributed by atoms with van der Waals surface area (Å²) in [5.41, 5.74) is 0.445. The molecule has 3 heteroatoms. The molecule has 0 aliphatic rings. The fraction of sp³-hybridized carbons (Fsp3) is 0.100. The molecule has 0 bridgehead atoms. The monoisotopic (exact) mass is 175 g/mol. The van der Waals surface area contributed by atoms with Crippen molar-refractivity contribution in [3.05, 3.63) is 35.1 Å². The zero-order valence-corrected chi connectivity index (χ0v) is 6.71. The molecule has 0 aliphatic carbocycles. The van der Waals surface area contributed by atoms with Crippen molar-refractivity contribution in [2.45, 2.75) is 0 Å². The highest BCUT2D eigenvalue weighted by atomic mass is 19.1. The largest absolute Gasteiger partial charge is 0.384 e. The van der Waals surface area contributed by atoms with E-state index in [9.17, 15) is 4.39 Å². The average Bonchev–Trinajstić information content (AvgIpc) is 2.15. The van der Waals surface area contributed by atoms with Crippen LogP contribution in [0.15, 0.2) is 18.2 Å². The molecule has 0 spiro atoms. The van der Waals surface area contributed by atoms with Gasteiger partial charge in [-0.25, -0.2) is 4.39 Å². The molecule has 13 heavy (non-hydrogen) atoms. The van der Waals surface area contributed by atoms with E-state index in [-0.39, 0.29) is 12.2 Å². The summed E-state index contributed by atoms with van der Waals surface area (Å²) in [6.07, 6.45) is 0. The second-order valence-electron chi connectivity index (χ2n) is 2.27. The van der Waals surface area contributed by atoms with Gasteiger partial charge in [0.25, 0.3) is 0 Å². The summed E-state index contributed by atoms with van der Waals surface area (Å²) in [7, 11) is 0. The van der Waals surface area contributed by atoms with E-state index in [2.05, 4.69) is 11.8 Å². The Balaban J connectivity index is 3.04. The number of nitriles is 1. The first-order valence-electron chi connectivity index (χ1n) is 3.57. The number of aliphatic hydroxyl groups excluding tert-OH is 1. The smallest absolute Gasteiger partial charge is 0.142 e. The quantitative estimate of drug-likeness (QED) is 0.599. The van der Waals surface area contributed by atoms with Gasteiger partial charge < -0.3 is 5.11 Å². The Morgan fingerprint density at radius 1 is 1.46 bits per heavy atom. The Labute approximate surface area is 75.2 Å². The van der Waals surface area contributed by atoms with Gasteiger partial charge in [-0.2, -0.15) is 5.26 Å². The molecule has 0 heterocycles. The summed E-state index contributed by atoms with van der Waals surface area (Å²) in [4.78, 5) is 0. The van der Waals surface area contributed by atoms with Crippen molar-refractivity contribution in [3.63, 3.8) is 0 Å². The predicted molar refractivity (Wildman–Crippen MR) is 45.1 cm³/mol. The molecule has 2 nitrogen and oxygen atoms in total. The van der Waals surface area contributed by atoms with Gasteiger partial charge in [0.15, 0.2) is 0 Å². The van der Waals surface area contributed by atoms with E-state index in [4.69, 9.17) is 10.4 Å². The Morgan fingerprint density at radius 2 is 2.23 bits per heavy atom. The summed E-state index contributed by atoms with van der Waals surface area (Å²) >= 11 is 0. The van der Waals surface area contributed by atoms with E-state index in [0.717, 1.165) is 0 Å². The van der Waals surface area contributed by atoms with E-state index in [1.165, 1.54) is 18.2 Å². The van der Waals surface area contributed by atoms with Crippen molar-refractivity contribution in [2.75, 3.05) is 6.61 Å². The fourth-order valence-electron chi connectivity index (χ4n) is 0.825. The maximum atomic E-state index is 12.9. The van der Waals surface area contributed by atoms with E-state index >= 15 is 0 Å². The Hall–Kier alpha value is -1.84. The van der Waals surface area contributed by atoms with Gasteiger partial charge in [0.1, 0.15) is 18.5 Å². The number of benzene rings is 1. The minimum Gasteiger partial charge on any atom is -0.384 e. The first kappa shape index (κ1) is 9.25. The fourth-order valence-corrected chi connectivity index (χ4v) is 0.825. The molecule has 1 aromatic carbocycles. The lowest BCUT2D eigenvalue weighted by atomic mass is 10.1. The molecule has 64 valence electrons. The van der Waals surface area contributed by atoms with Gasteiger partial charge in [-0.1, -0.05) is 11.8 Å². The molecule has 0 aliphatic heterocycles. The highest BCUT2D eigenvalue weighted by molar-refractivity contribution is 5.40. The standard InChI is InChI=1S/C10H6FNO/c11-10-6-8(2-1-5-13)3-4-9(10)7-12/h3-4,6,13H,5H2. The minimum atomic E-state index is -0.591. The molecule has 0 atom stereocenters. The SMILES string of the molecule is N#Cc1ccc(C#CCO)cc1F. The number of halogens is 1. The molecule has 0 amide bonds. The zero-order chi connectivity index (χ0) is 9.68. The van der Waals surface area contributed by atoms with Crippen LogP contribution in [-0.4, -0.2) is 11.7 Å². The van der Waals surface area contributed by atoms with Crippen LogP contribution in [0.3, 0.4) is 0 Å². The third-order valence-corrected chi connectivity index (χ3v) is 1.40. The molecule has 0 unspecified atom stereocenters. The topological polar surface area (TPSA) is 44.0 Å². The Morgan fingerprint density at radius 3 is 2.77 bits per heavy atom. The van der Waals surface area contributed by atoms with Crippen molar-refractivity contribution in [2.24, 2.45) is 0 Å². The van der Waals surface area contributed by atoms with Crippen LogP contribution in [0.25, 0.3) is 0 Å². The zero-order valence-electron chi connectivity index (χ0n) is 6.71. The lowest BCUT2D eigenvalue weighted by Gasteiger charge is -1.93. The Kier molecular flexibility index (Phi) is 3.03. The highest BCUT2D eigenvalue weighted by Gasteiger charge is 1.99.